The van der Waals surface area contributed by atoms with Crippen molar-refractivity contribution in [2.45, 2.75) is 6.36 Å². The SMILES string of the molecule is [C-]#[N+]c1cc(-c2cc(C(=O)O)n(C)n2)ccc1-c1cccc(OC(F)(F)F)c1. The molecule has 6 nitrogen and oxygen atoms in total. The quantitative estimate of drug-likeness (QED) is 0.647. The lowest BCUT2D eigenvalue weighted by molar-refractivity contribution is -0.274. The topological polar surface area (TPSA) is 68.7 Å². The predicted octanol–water partition coefficient (Wildman–Crippen LogP) is 4.90. The number of halogens is 3. The first-order valence-corrected chi connectivity index (χ1v) is 7.83. The maximum atomic E-state index is 12.4. The molecule has 1 aromatic heterocycles. The van der Waals surface area contributed by atoms with Crippen molar-refractivity contribution in [3.63, 3.8) is 0 Å². The Hall–Kier alpha value is -3.80. The summed E-state index contributed by atoms with van der Waals surface area (Å²) in [5.74, 6) is -1.52. The summed E-state index contributed by atoms with van der Waals surface area (Å²) in [6, 6.07) is 11.4. The molecular formula is C19H12F3N3O3. The Labute approximate surface area is 157 Å². The first-order valence-electron chi connectivity index (χ1n) is 7.83. The Morgan fingerprint density at radius 3 is 2.54 bits per heavy atom. The molecule has 9 heteroatoms. The molecule has 0 aliphatic rings. The van der Waals surface area contributed by atoms with E-state index in [1.165, 1.54) is 42.1 Å². The zero-order valence-corrected chi connectivity index (χ0v) is 14.4. The highest BCUT2D eigenvalue weighted by Crippen LogP contribution is 2.36. The summed E-state index contributed by atoms with van der Waals surface area (Å²) in [5.41, 5.74) is 1.85. The predicted molar refractivity (Wildman–Crippen MR) is 94.0 cm³/mol. The number of hydrogen-bond donors (Lipinski definition) is 1. The van der Waals surface area contributed by atoms with Gasteiger partial charge in [0.2, 0.25) is 0 Å². The van der Waals surface area contributed by atoms with E-state index in [-0.39, 0.29) is 17.1 Å². The van der Waals surface area contributed by atoms with Crippen LogP contribution in [0.1, 0.15) is 10.5 Å². The second kappa shape index (κ2) is 7.08. The third-order valence-electron chi connectivity index (χ3n) is 3.89. The number of carboxylic acids is 1. The summed E-state index contributed by atoms with van der Waals surface area (Å²) >= 11 is 0. The molecule has 0 saturated heterocycles. The molecule has 0 amide bonds. The number of rotatable bonds is 4. The van der Waals surface area contributed by atoms with Crippen molar-refractivity contribution in [1.82, 2.24) is 9.78 Å². The van der Waals surface area contributed by atoms with Gasteiger partial charge in [-0.3, -0.25) is 4.68 Å². The second-order valence-electron chi connectivity index (χ2n) is 5.76. The van der Waals surface area contributed by atoms with Crippen molar-refractivity contribution in [3.8, 4) is 28.1 Å². The summed E-state index contributed by atoms with van der Waals surface area (Å²) in [6.07, 6.45) is -4.81. The molecule has 0 aliphatic heterocycles. The summed E-state index contributed by atoms with van der Waals surface area (Å²) in [4.78, 5) is 14.6. The third-order valence-corrected chi connectivity index (χ3v) is 3.89. The van der Waals surface area contributed by atoms with E-state index in [2.05, 4.69) is 14.7 Å². The Morgan fingerprint density at radius 2 is 1.93 bits per heavy atom. The van der Waals surface area contributed by atoms with Gasteiger partial charge in [-0.15, -0.1) is 13.2 Å². The van der Waals surface area contributed by atoms with Crippen LogP contribution in [0, 0.1) is 6.57 Å². The smallest absolute Gasteiger partial charge is 0.477 e. The van der Waals surface area contributed by atoms with E-state index < -0.39 is 12.3 Å². The Bertz CT molecular complexity index is 1100. The van der Waals surface area contributed by atoms with Crippen LogP contribution in [-0.4, -0.2) is 27.2 Å². The molecule has 3 rings (SSSR count). The minimum atomic E-state index is -4.81. The molecule has 1 heterocycles. The summed E-state index contributed by atoms with van der Waals surface area (Å²) in [7, 11) is 1.49. The van der Waals surface area contributed by atoms with Crippen LogP contribution in [0.5, 0.6) is 5.75 Å². The molecule has 28 heavy (non-hydrogen) atoms. The van der Waals surface area contributed by atoms with E-state index in [0.717, 1.165) is 0 Å². The zero-order chi connectivity index (χ0) is 20.5. The van der Waals surface area contributed by atoms with E-state index in [0.29, 0.717) is 22.4 Å². The average Bonchev–Trinajstić information content (AvgIpc) is 3.02. The van der Waals surface area contributed by atoms with Gasteiger partial charge in [-0.05, 0) is 41.0 Å². The number of aryl methyl sites for hydroxylation is 1. The number of hydrogen-bond acceptors (Lipinski definition) is 3. The Kier molecular flexibility index (Phi) is 4.79. The molecule has 0 atom stereocenters. The van der Waals surface area contributed by atoms with Gasteiger partial charge in [-0.25, -0.2) is 9.64 Å². The van der Waals surface area contributed by atoms with Gasteiger partial charge in [0.15, 0.2) is 5.69 Å². The van der Waals surface area contributed by atoms with E-state index in [1.807, 2.05) is 0 Å². The van der Waals surface area contributed by atoms with Gasteiger partial charge in [0.1, 0.15) is 11.4 Å². The molecule has 0 radical (unpaired) electrons. The van der Waals surface area contributed by atoms with Gasteiger partial charge in [0.05, 0.1) is 12.3 Å². The van der Waals surface area contributed by atoms with Crippen molar-refractivity contribution in [2.24, 2.45) is 7.05 Å². The van der Waals surface area contributed by atoms with Crippen molar-refractivity contribution < 1.29 is 27.8 Å². The Balaban J connectivity index is 2.01. The number of carboxylic acid groups (broad SMARTS) is 1. The van der Waals surface area contributed by atoms with Crippen LogP contribution in [0.25, 0.3) is 27.2 Å². The molecule has 0 spiro atoms. The molecule has 0 bridgehead atoms. The van der Waals surface area contributed by atoms with E-state index in [1.54, 1.807) is 18.2 Å². The van der Waals surface area contributed by atoms with Crippen molar-refractivity contribution in [3.05, 3.63) is 65.6 Å². The standard InChI is InChI=1S/C19H12F3N3O3/c1-23-16-9-12(15-10-17(18(26)27)25(2)24-15)6-7-14(16)11-4-3-5-13(8-11)28-19(20,21)22/h3-10H,2H3,(H,26,27). The molecule has 142 valence electrons. The fraction of sp³-hybridized carbons (Fsp3) is 0.105. The summed E-state index contributed by atoms with van der Waals surface area (Å²) in [6.45, 7) is 7.40. The normalized spacial score (nSPS) is 11.1. The molecular weight excluding hydrogens is 375 g/mol. The van der Waals surface area contributed by atoms with Gasteiger partial charge >= 0.3 is 12.3 Å². The number of nitrogens with zero attached hydrogens (tertiary/aromatic N) is 3. The largest absolute Gasteiger partial charge is 0.573 e. The van der Waals surface area contributed by atoms with Crippen LogP contribution >= 0.6 is 0 Å². The fourth-order valence-electron chi connectivity index (χ4n) is 2.70. The van der Waals surface area contributed by atoms with Gasteiger partial charge < -0.3 is 9.84 Å². The number of benzene rings is 2. The van der Waals surface area contributed by atoms with Crippen molar-refractivity contribution in [2.75, 3.05) is 0 Å². The molecule has 0 fully saturated rings. The van der Waals surface area contributed by atoms with E-state index in [9.17, 15) is 18.0 Å². The lowest BCUT2D eigenvalue weighted by atomic mass is 10.0. The van der Waals surface area contributed by atoms with Crippen LogP contribution in [0.3, 0.4) is 0 Å². The molecule has 0 unspecified atom stereocenters. The molecule has 2 aromatic carbocycles. The van der Waals surface area contributed by atoms with E-state index >= 15 is 0 Å². The number of aromatic carboxylic acids is 1. The number of carbonyl (C=O) groups is 1. The first kappa shape index (κ1) is 19.0. The van der Waals surface area contributed by atoms with Crippen LogP contribution in [0.2, 0.25) is 0 Å². The lowest BCUT2D eigenvalue weighted by Gasteiger charge is -2.11. The minimum absolute atomic E-state index is 0.0135. The zero-order valence-electron chi connectivity index (χ0n) is 14.4. The first-order chi connectivity index (χ1) is 13.2. The highest BCUT2D eigenvalue weighted by Gasteiger charge is 2.31. The van der Waals surface area contributed by atoms with Crippen molar-refractivity contribution >= 4 is 11.7 Å². The highest BCUT2D eigenvalue weighted by molar-refractivity contribution is 5.88. The number of ether oxygens (including phenoxy) is 1. The summed E-state index contributed by atoms with van der Waals surface area (Å²) < 4.78 is 42.4. The number of alkyl halides is 3. The van der Waals surface area contributed by atoms with Gasteiger partial charge in [-0.1, -0.05) is 24.3 Å². The molecule has 0 aliphatic carbocycles. The number of aromatic nitrogens is 2. The van der Waals surface area contributed by atoms with Crippen LogP contribution in [0.15, 0.2) is 48.5 Å². The Morgan fingerprint density at radius 1 is 1.18 bits per heavy atom. The average molecular weight is 387 g/mol. The van der Waals surface area contributed by atoms with Crippen LogP contribution in [0.4, 0.5) is 18.9 Å². The van der Waals surface area contributed by atoms with E-state index in [4.69, 9.17) is 11.7 Å². The second-order valence-corrected chi connectivity index (χ2v) is 5.76. The maximum absolute atomic E-state index is 12.4. The maximum Gasteiger partial charge on any atom is 0.573 e. The third kappa shape index (κ3) is 3.96. The lowest BCUT2D eigenvalue weighted by Crippen LogP contribution is -2.17. The molecule has 3 aromatic rings. The van der Waals surface area contributed by atoms with Gasteiger partial charge in [-0.2, -0.15) is 5.10 Å². The van der Waals surface area contributed by atoms with Crippen LogP contribution < -0.4 is 4.74 Å². The molecule has 1 N–H and O–H groups in total. The minimum Gasteiger partial charge on any atom is -0.477 e. The summed E-state index contributed by atoms with van der Waals surface area (Å²) in [5, 5.41) is 13.2. The fourth-order valence-corrected chi connectivity index (χ4v) is 2.70. The van der Waals surface area contributed by atoms with Gasteiger partial charge in [0.25, 0.3) is 0 Å². The van der Waals surface area contributed by atoms with Crippen LogP contribution in [-0.2, 0) is 7.05 Å². The van der Waals surface area contributed by atoms with Crippen molar-refractivity contribution in [1.29, 1.82) is 0 Å². The van der Waals surface area contributed by atoms with Gasteiger partial charge in [0, 0.05) is 7.05 Å². The molecule has 0 saturated carbocycles. The monoisotopic (exact) mass is 387 g/mol. The highest BCUT2D eigenvalue weighted by atomic mass is 19.4.